The van der Waals surface area contributed by atoms with E-state index in [1.165, 1.54) is 5.56 Å². The minimum atomic E-state index is -3.82. The lowest BCUT2D eigenvalue weighted by atomic mass is 10.1. The largest absolute Gasteiger partial charge is 0.369 e. The minimum Gasteiger partial charge on any atom is -0.369 e. The van der Waals surface area contributed by atoms with E-state index in [1.807, 2.05) is 54.8 Å². The van der Waals surface area contributed by atoms with Gasteiger partial charge in [0.25, 0.3) is 0 Å². The van der Waals surface area contributed by atoms with E-state index in [4.69, 9.17) is 5.10 Å². The summed E-state index contributed by atoms with van der Waals surface area (Å²) in [4.78, 5) is 6.19. The van der Waals surface area contributed by atoms with Gasteiger partial charge in [-0.25, -0.2) is 13.1 Å². The molecule has 6 rings (SSSR count). The molecule has 1 fully saturated rings. The minimum absolute atomic E-state index is 0.0854. The van der Waals surface area contributed by atoms with Gasteiger partial charge in [-0.05, 0) is 66.4 Å². The van der Waals surface area contributed by atoms with Crippen molar-refractivity contribution in [3.8, 4) is 5.69 Å². The fourth-order valence-corrected chi connectivity index (χ4v) is 6.90. The number of aromatic nitrogens is 2. The molecule has 0 saturated carbocycles. The van der Waals surface area contributed by atoms with Gasteiger partial charge in [0.1, 0.15) is 0 Å². The van der Waals surface area contributed by atoms with Crippen LogP contribution in [0.2, 0.25) is 0 Å². The second-order valence-electron chi connectivity index (χ2n) is 9.68. The zero-order valence-electron chi connectivity index (χ0n) is 21.8. The van der Waals surface area contributed by atoms with Crippen LogP contribution in [0, 0.1) is 0 Å². The summed E-state index contributed by atoms with van der Waals surface area (Å²) in [6.45, 7) is 4.59. The molecule has 2 heterocycles. The van der Waals surface area contributed by atoms with Gasteiger partial charge in [-0.2, -0.15) is 5.10 Å². The Hall–Kier alpha value is -3.59. The van der Waals surface area contributed by atoms with Crippen LogP contribution in [0.15, 0.2) is 118 Å². The Morgan fingerprint density at radius 2 is 1.41 bits per heavy atom. The summed E-state index contributed by atoms with van der Waals surface area (Å²) in [6.07, 6.45) is 2.03. The molecule has 198 valence electrons. The summed E-state index contributed by atoms with van der Waals surface area (Å²) in [7, 11) is -3.82. The number of sulfone groups is 1. The van der Waals surface area contributed by atoms with E-state index in [2.05, 4.69) is 40.1 Å². The molecule has 0 N–H and O–H groups in total. The molecule has 1 saturated heterocycles. The van der Waals surface area contributed by atoms with Crippen molar-refractivity contribution >= 4 is 38.2 Å². The van der Waals surface area contributed by atoms with Crippen molar-refractivity contribution in [2.24, 2.45) is 0 Å². The predicted molar refractivity (Wildman–Crippen MR) is 159 cm³/mol. The van der Waals surface area contributed by atoms with E-state index >= 15 is 0 Å². The Morgan fingerprint density at radius 1 is 0.769 bits per heavy atom. The predicted octanol–water partition coefficient (Wildman–Crippen LogP) is 5.90. The van der Waals surface area contributed by atoms with Crippen LogP contribution < -0.4 is 4.90 Å². The van der Waals surface area contributed by atoms with Crippen LogP contribution in [0.1, 0.15) is 5.56 Å². The van der Waals surface area contributed by atoms with E-state index in [0.29, 0.717) is 5.39 Å². The third kappa shape index (κ3) is 5.20. The molecule has 0 spiro atoms. The molecule has 0 atom stereocenters. The maximum Gasteiger partial charge on any atom is 0.226 e. The molecule has 0 amide bonds. The maximum atomic E-state index is 13.8. The van der Waals surface area contributed by atoms with E-state index in [-0.39, 0.29) is 9.92 Å². The zero-order chi connectivity index (χ0) is 26.8. The van der Waals surface area contributed by atoms with Crippen LogP contribution in [-0.2, 0) is 16.4 Å². The van der Waals surface area contributed by atoms with Crippen molar-refractivity contribution in [2.45, 2.75) is 21.4 Å². The molecule has 0 radical (unpaired) electrons. The quantitative estimate of drug-likeness (QED) is 0.234. The fraction of sp³-hybridized carbons (Fsp3) is 0.194. The number of anilines is 1. The van der Waals surface area contributed by atoms with Crippen molar-refractivity contribution in [1.82, 2.24) is 14.7 Å². The maximum absolute atomic E-state index is 13.8. The molecule has 6 nitrogen and oxygen atoms in total. The van der Waals surface area contributed by atoms with E-state index in [1.54, 1.807) is 40.7 Å². The topological polar surface area (TPSA) is 58.4 Å². The van der Waals surface area contributed by atoms with E-state index in [9.17, 15) is 8.42 Å². The van der Waals surface area contributed by atoms with Crippen LogP contribution in [0.3, 0.4) is 0 Å². The Kier molecular flexibility index (Phi) is 7.16. The molecule has 5 aromatic rings. The van der Waals surface area contributed by atoms with Crippen molar-refractivity contribution in [3.63, 3.8) is 0 Å². The average molecular weight is 555 g/mol. The summed E-state index contributed by atoms with van der Waals surface area (Å²) in [5.74, 6) is 0. The Bertz CT molecular complexity index is 1680. The number of nitrogens with zero attached hydrogens (tertiary/aromatic N) is 4. The van der Waals surface area contributed by atoms with Crippen LogP contribution in [0.25, 0.3) is 16.6 Å². The van der Waals surface area contributed by atoms with Crippen LogP contribution in [-0.4, -0.2) is 55.5 Å². The normalized spacial score (nSPS) is 14.6. The highest BCUT2D eigenvalue weighted by Gasteiger charge is 2.27. The number of piperazine rings is 1. The van der Waals surface area contributed by atoms with Crippen molar-refractivity contribution in [3.05, 3.63) is 109 Å². The van der Waals surface area contributed by atoms with Crippen LogP contribution in [0.4, 0.5) is 5.69 Å². The first kappa shape index (κ1) is 25.7. The van der Waals surface area contributed by atoms with Crippen molar-refractivity contribution in [2.75, 3.05) is 37.3 Å². The van der Waals surface area contributed by atoms with Gasteiger partial charge in [-0.1, -0.05) is 48.5 Å². The molecule has 8 heteroatoms. The molecule has 4 aromatic carbocycles. The van der Waals surface area contributed by atoms with Gasteiger partial charge in [-0.3, -0.25) is 4.90 Å². The molecule has 0 unspecified atom stereocenters. The third-order valence-corrected chi connectivity index (χ3v) is 9.69. The van der Waals surface area contributed by atoms with Gasteiger partial charge >= 0.3 is 0 Å². The van der Waals surface area contributed by atoms with Crippen LogP contribution in [0.5, 0.6) is 0 Å². The van der Waals surface area contributed by atoms with Gasteiger partial charge in [-0.15, -0.1) is 11.8 Å². The second kappa shape index (κ2) is 10.9. The molecule has 39 heavy (non-hydrogen) atoms. The fourth-order valence-electron chi connectivity index (χ4n) is 5.11. The first-order valence-corrected chi connectivity index (χ1v) is 15.7. The van der Waals surface area contributed by atoms with E-state index < -0.39 is 9.84 Å². The molecule has 1 aliphatic heterocycles. The number of hydrogen-bond donors (Lipinski definition) is 0. The van der Waals surface area contributed by atoms with Crippen LogP contribution >= 0.6 is 11.8 Å². The summed E-state index contributed by atoms with van der Waals surface area (Å²) in [5, 5.41) is 5.42. The number of benzene rings is 4. The molecule has 1 aliphatic rings. The molecular weight excluding hydrogens is 525 g/mol. The van der Waals surface area contributed by atoms with Crippen molar-refractivity contribution < 1.29 is 8.42 Å². The summed E-state index contributed by atoms with van der Waals surface area (Å²) in [6, 6.07) is 33.2. The number of hydrogen-bond acceptors (Lipinski definition) is 6. The highest BCUT2D eigenvalue weighted by molar-refractivity contribution is 7.98. The average Bonchev–Trinajstić information content (AvgIpc) is 3.38. The molecule has 0 bridgehead atoms. The lowest BCUT2D eigenvalue weighted by Gasteiger charge is -2.36. The lowest BCUT2D eigenvalue weighted by Crippen LogP contribution is -2.45. The number of rotatable bonds is 7. The molecule has 0 aliphatic carbocycles. The first-order chi connectivity index (χ1) is 19.0. The standard InChI is InChI=1S/C31H30N4O2S2/c1-38-27-15-12-25(13-16-27)35-30-17-14-26(34-20-18-33(19-21-34)23-24-8-4-2-5-9-24)22-29(30)31(32-35)39(36,37)28-10-6-3-7-11-28/h2-17,22H,18-21,23H2,1H3. The van der Waals surface area contributed by atoms with Crippen molar-refractivity contribution in [1.29, 1.82) is 0 Å². The van der Waals surface area contributed by atoms with Gasteiger partial charge in [0.05, 0.1) is 16.1 Å². The summed E-state index contributed by atoms with van der Waals surface area (Å²) in [5.41, 5.74) is 3.94. The highest BCUT2D eigenvalue weighted by Crippen LogP contribution is 2.33. The molecular formula is C31H30N4O2S2. The number of thioether (sulfide) groups is 1. The highest BCUT2D eigenvalue weighted by atomic mass is 32.2. The smallest absolute Gasteiger partial charge is 0.226 e. The Balaban J connectivity index is 1.36. The Labute approximate surface area is 233 Å². The summed E-state index contributed by atoms with van der Waals surface area (Å²) >= 11 is 1.67. The first-order valence-electron chi connectivity index (χ1n) is 13.0. The van der Waals surface area contributed by atoms with Gasteiger partial charge in [0.2, 0.25) is 9.84 Å². The van der Waals surface area contributed by atoms with Gasteiger partial charge in [0, 0.05) is 48.7 Å². The monoisotopic (exact) mass is 554 g/mol. The SMILES string of the molecule is CSc1ccc(-n2nc(S(=O)(=O)c3ccccc3)c3cc(N4CCN(Cc5ccccc5)CC4)ccc32)cc1. The third-order valence-electron chi connectivity index (χ3n) is 7.24. The molecule has 1 aromatic heterocycles. The second-order valence-corrected chi connectivity index (χ2v) is 12.4. The number of fused-ring (bicyclic) bond motifs is 1. The zero-order valence-corrected chi connectivity index (χ0v) is 23.4. The van der Waals surface area contributed by atoms with E-state index in [0.717, 1.165) is 54.5 Å². The lowest BCUT2D eigenvalue weighted by molar-refractivity contribution is 0.250. The summed E-state index contributed by atoms with van der Waals surface area (Å²) < 4.78 is 29.3. The van der Waals surface area contributed by atoms with Gasteiger partial charge in [0.15, 0.2) is 5.03 Å². The Morgan fingerprint density at radius 3 is 2.08 bits per heavy atom. The van der Waals surface area contributed by atoms with Gasteiger partial charge < -0.3 is 4.90 Å².